The number of nitrogens with one attached hydrogen (secondary N) is 1. The molecule has 2 heterocycles. The number of nitrogens with zero attached hydrogens (tertiary/aromatic N) is 1. The smallest absolute Gasteiger partial charge is 0.220 e. The number of aliphatic hydroxyl groups is 1. The van der Waals surface area contributed by atoms with Crippen molar-refractivity contribution in [2.45, 2.75) is 50.7 Å². The standard InChI is InChI=1S/C30H38N2O6/c1-36-24-10-7-20(8-11-24)26(33)5-3-2-4-6-29(34)31-25(19-32-17-22-15-23(22)18-32)30(35)21-9-12-27-28(16-21)38-14-13-37-27/h7-12,16,22-23,25,30,35H,2-6,13-15,17-19H2,1H3,(H,31,34)/t22?,23?,25-,30-/m1/s1. The second-order valence-corrected chi connectivity index (χ2v) is 10.7. The van der Waals surface area contributed by atoms with Gasteiger partial charge in [0.05, 0.1) is 13.2 Å². The van der Waals surface area contributed by atoms with Gasteiger partial charge in [-0.15, -0.1) is 0 Å². The Balaban J connectivity index is 1.11. The van der Waals surface area contributed by atoms with Gasteiger partial charge >= 0.3 is 0 Å². The first-order chi connectivity index (χ1) is 18.5. The van der Waals surface area contributed by atoms with E-state index in [-0.39, 0.29) is 11.7 Å². The van der Waals surface area contributed by atoms with Gasteiger partial charge in [-0.05, 0) is 73.1 Å². The summed E-state index contributed by atoms with van der Waals surface area (Å²) >= 11 is 0. The van der Waals surface area contributed by atoms with Crippen LogP contribution in [0.15, 0.2) is 42.5 Å². The van der Waals surface area contributed by atoms with Crippen molar-refractivity contribution >= 4 is 11.7 Å². The van der Waals surface area contributed by atoms with Crippen LogP contribution in [-0.4, -0.2) is 67.7 Å². The van der Waals surface area contributed by atoms with Crippen LogP contribution in [0.4, 0.5) is 0 Å². The van der Waals surface area contributed by atoms with Gasteiger partial charge in [-0.25, -0.2) is 0 Å². The van der Waals surface area contributed by atoms with E-state index in [1.807, 2.05) is 18.2 Å². The number of ether oxygens (including phenoxy) is 3. The van der Waals surface area contributed by atoms with E-state index in [4.69, 9.17) is 14.2 Å². The Morgan fingerprint density at radius 2 is 1.71 bits per heavy atom. The minimum atomic E-state index is -0.853. The van der Waals surface area contributed by atoms with E-state index < -0.39 is 12.1 Å². The number of piperidine rings is 1. The Labute approximate surface area is 224 Å². The van der Waals surface area contributed by atoms with Crippen LogP contribution in [-0.2, 0) is 4.79 Å². The number of likely N-dealkylation sites (tertiary alicyclic amines) is 1. The van der Waals surface area contributed by atoms with Gasteiger partial charge in [-0.1, -0.05) is 12.5 Å². The number of hydrogen-bond donors (Lipinski definition) is 2. The van der Waals surface area contributed by atoms with E-state index >= 15 is 0 Å². The fraction of sp³-hybridized carbons (Fsp3) is 0.533. The molecule has 0 spiro atoms. The number of carbonyl (C=O) groups excluding carboxylic acids is 2. The molecule has 2 aliphatic heterocycles. The lowest BCUT2D eigenvalue weighted by atomic mass is 10.00. The minimum Gasteiger partial charge on any atom is -0.497 e. The molecule has 3 aliphatic rings. The summed E-state index contributed by atoms with van der Waals surface area (Å²) in [5, 5.41) is 14.4. The van der Waals surface area contributed by atoms with E-state index in [0.29, 0.717) is 61.6 Å². The summed E-state index contributed by atoms with van der Waals surface area (Å²) in [6.07, 6.45) is 3.50. The van der Waals surface area contributed by atoms with Crippen molar-refractivity contribution in [1.29, 1.82) is 0 Å². The van der Waals surface area contributed by atoms with Crippen LogP contribution in [0, 0.1) is 11.8 Å². The van der Waals surface area contributed by atoms with Crippen molar-refractivity contribution in [3.63, 3.8) is 0 Å². The highest BCUT2D eigenvalue weighted by Crippen LogP contribution is 2.45. The number of carbonyl (C=O) groups is 2. The van der Waals surface area contributed by atoms with E-state index in [0.717, 1.165) is 43.5 Å². The molecule has 2 unspecified atom stereocenters. The van der Waals surface area contributed by atoms with Gasteiger partial charge < -0.3 is 29.5 Å². The lowest BCUT2D eigenvalue weighted by Crippen LogP contribution is -2.47. The van der Waals surface area contributed by atoms with Crippen molar-refractivity contribution in [3.8, 4) is 17.2 Å². The molecule has 8 heteroatoms. The molecule has 1 saturated heterocycles. The van der Waals surface area contributed by atoms with E-state index in [1.165, 1.54) is 6.42 Å². The number of amides is 1. The third kappa shape index (κ3) is 6.66. The SMILES string of the molecule is COc1ccc(C(=O)CCCCCC(=O)N[C@H](CN2CC3CC3C2)[C@H](O)c2ccc3c(c2)OCCO3)cc1. The Bertz CT molecular complexity index is 1110. The molecule has 2 N–H and O–H groups in total. The van der Waals surface area contributed by atoms with Gasteiger partial charge in [0.25, 0.3) is 0 Å². The molecule has 0 radical (unpaired) electrons. The van der Waals surface area contributed by atoms with Crippen LogP contribution in [0.1, 0.15) is 60.6 Å². The third-order valence-corrected chi connectivity index (χ3v) is 7.86. The molecule has 0 aromatic heterocycles. The summed E-state index contributed by atoms with van der Waals surface area (Å²) < 4.78 is 16.4. The van der Waals surface area contributed by atoms with Crippen molar-refractivity contribution in [2.24, 2.45) is 11.8 Å². The van der Waals surface area contributed by atoms with Gasteiger partial charge in [0.15, 0.2) is 17.3 Å². The molecule has 5 rings (SSSR count). The summed E-state index contributed by atoms with van der Waals surface area (Å²) in [6, 6.07) is 12.2. The number of ketones is 1. The Hall–Kier alpha value is -3.10. The average Bonchev–Trinajstić information content (AvgIpc) is 3.56. The zero-order valence-electron chi connectivity index (χ0n) is 22.1. The first-order valence-electron chi connectivity index (χ1n) is 13.8. The van der Waals surface area contributed by atoms with Gasteiger partial charge in [0.1, 0.15) is 25.1 Å². The zero-order chi connectivity index (χ0) is 26.5. The topological polar surface area (TPSA) is 97.3 Å². The van der Waals surface area contributed by atoms with E-state index in [2.05, 4.69) is 10.2 Å². The molecular formula is C30H38N2O6. The molecule has 2 aromatic rings. The molecule has 0 bridgehead atoms. The normalized spacial score (nSPS) is 21.3. The lowest BCUT2D eigenvalue weighted by molar-refractivity contribution is -0.123. The van der Waals surface area contributed by atoms with Crippen molar-refractivity contribution in [1.82, 2.24) is 10.2 Å². The molecule has 204 valence electrons. The van der Waals surface area contributed by atoms with Gasteiger partial charge in [0.2, 0.25) is 5.91 Å². The van der Waals surface area contributed by atoms with E-state index in [9.17, 15) is 14.7 Å². The first-order valence-corrected chi connectivity index (χ1v) is 13.8. The number of rotatable bonds is 13. The number of fused-ring (bicyclic) bond motifs is 2. The Morgan fingerprint density at radius 3 is 2.45 bits per heavy atom. The third-order valence-electron chi connectivity index (χ3n) is 7.86. The highest BCUT2D eigenvalue weighted by molar-refractivity contribution is 5.96. The first kappa shape index (κ1) is 26.5. The number of methoxy groups -OCH3 is 1. The maximum Gasteiger partial charge on any atom is 0.220 e. The molecule has 4 atom stereocenters. The number of hydrogen-bond acceptors (Lipinski definition) is 7. The highest BCUT2D eigenvalue weighted by Gasteiger charge is 2.45. The molecule has 8 nitrogen and oxygen atoms in total. The number of unbranched alkanes of at least 4 members (excludes halogenated alkanes) is 2. The maximum atomic E-state index is 12.9. The van der Waals surface area contributed by atoms with Crippen LogP contribution in [0.25, 0.3) is 0 Å². The molecule has 1 aliphatic carbocycles. The quantitative estimate of drug-likeness (QED) is 0.305. The van der Waals surface area contributed by atoms with Crippen LogP contribution in [0.5, 0.6) is 17.2 Å². The molecule has 1 amide bonds. The van der Waals surface area contributed by atoms with Crippen LogP contribution >= 0.6 is 0 Å². The van der Waals surface area contributed by atoms with Crippen molar-refractivity contribution < 1.29 is 28.9 Å². The number of Topliss-reactive ketones (excluding diaryl/α,β-unsaturated/α-hetero) is 1. The van der Waals surface area contributed by atoms with Crippen LogP contribution < -0.4 is 19.5 Å². The fourth-order valence-corrected chi connectivity index (χ4v) is 5.57. The summed E-state index contributed by atoms with van der Waals surface area (Å²) in [6.45, 7) is 3.68. The largest absolute Gasteiger partial charge is 0.497 e. The predicted molar refractivity (Wildman–Crippen MR) is 143 cm³/mol. The monoisotopic (exact) mass is 522 g/mol. The van der Waals surface area contributed by atoms with Crippen molar-refractivity contribution in [2.75, 3.05) is 40.0 Å². The second-order valence-electron chi connectivity index (χ2n) is 10.7. The zero-order valence-corrected chi connectivity index (χ0v) is 22.1. The second kappa shape index (κ2) is 12.2. The molecule has 2 fully saturated rings. The molecule has 38 heavy (non-hydrogen) atoms. The van der Waals surface area contributed by atoms with Gasteiger partial charge in [0, 0.05) is 38.0 Å². The molecule has 2 aromatic carbocycles. The predicted octanol–water partition coefficient (Wildman–Crippen LogP) is 3.77. The summed E-state index contributed by atoms with van der Waals surface area (Å²) in [4.78, 5) is 27.6. The van der Waals surface area contributed by atoms with Gasteiger partial charge in [-0.3, -0.25) is 9.59 Å². The molecular weight excluding hydrogens is 484 g/mol. The van der Waals surface area contributed by atoms with E-state index in [1.54, 1.807) is 31.4 Å². The average molecular weight is 523 g/mol. The summed E-state index contributed by atoms with van der Waals surface area (Å²) in [5.74, 6) is 3.62. The summed E-state index contributed by atoms with van der Waals surface area (Å²) in [5.41, 5.74) is 1.39. The van der Waals surface area contributed by atoms with Crippen LogP contribution in [0.3, 0.4) is 0 Å². The maximum absolute atomic E-state index is 12.9. The number of aliphatic hydroxyl groups excluding tert-OH is 1. The minimum absolute atomic E-state index is 0.0718. The van der Waals surface area contributed by atoms with Crippen molar-refractivity contribution in [3.05, 3.63) is 53.6 Å². The fourth-order valence-electron chi connectivity index (χ4n) is 5.57. The molecule has 1 saturated carbocycles. The highest BCUT2D eigenvalue weighted by atomic mass is 16.6. The number of benzene rings is 2. The summed E-state index contributed by atoms with van der Waals surface area (Å²) in [7, 11) is 1.60. The van der Waals surface area contributed by atoms with Crippen LogP contribution in [0.2, 0.25) is 0 Å². The Morgan fingerprint density at radius 1 is 1.00 bits per heavy atom. The van der Waals surface area contributed by atoms with Gasteiger partial charge in [-0.2, -0.15) is 0 Å². The Kier molecular flexibility index (Phi) is 8.49. The lowest BCUT2D eigenvalue weighted by Gasteiger charge is -2.30.